The molecule has 0 aromatic carbocycles. The van der Waals surface area contributed by atoms with Gasteiger partial charge in [-0.2, -0.15) is 0 Å². The zero-order chi connectivity index (χ0) is 6.50. The molecule has 0 aliphatic heterocycles. The summed E-state index contributed by atoms with van der Waals surface area (Å²) in [7, 11) is -3.83. The minimum atomic E-state index is -4.64. The van der Waals surface area contributed by atoms with Crippen LogP contribution in [0.5, 0.6) is 0 Å². The van der Waals surface area contributed by atoms with Crippen LogP contribution < -0.4 is 17.7 Å². The van der Waals surface area contributed by atoms with Crippen molar-refractivity contribution in [1.29, 1.82) is 0 Å². The summed E-state index contributed by atoms with van der Waals surface area (Å²) in [5, 5.41) is 4.64. The summed E-state index contributed by atoms with van der Waals surface area (Å²) in [6.07, 6.45) is 0. The minimum Gasteiger partial charge on any atom is -0.358 e. The first-order chi connectivity index (χ1) is 3.00. The van der Waals surface area contributed by atoms with E-state index >= 15 is 0 Å². The molecule has 0 saturated heterocycles. The molecule has 0 aromatic rings. The summed E-state index contributed by atoms with van der Waals surface area (Å²) < 4.78 is 8.88. The molecule has 0 saturated carbocycles. The van der Waals surface area contributed by atoms with E-state index in [0.29, 0.717) is 0 Å². The molecule has 9 heavy (non-hydrogen) atoms. The molecule has 0 aliphatic rings. The molecule has 9 heteroatoms. The SMILES string of the molecule is N.N.N[SiH3].O=P(O)(O)O. The van der Waals surface area contributed by atoms with E-state index in [1.54, 1.807) is 0 Å². The van der Waals surface area contributed by atoms with Crippen LogP contribution in [0.1, 0.15) is 0 Å². The molecule has 0 heterocycles. The predicted octanol–water partition coefficient (Wildman–Crippen LogP) is -2.38. The Balaban J connectivity index is -0.0000000286. The molecule has 7 nitrogen and oxygen atoms in total. The monoisotopic (exact) mass is 179 g/mol. The van der Waals surface area contributed by atoms with Crippen molar-refractivity contribution in [2.24, 2.45) is 5.40 Å². The lowest BCUT2D eigenvalue weighted by molar-refractivity contribution is 0.275. The molecule has 0 bridgehead atoms. The Morgan fingerprint density at radius 2 is 1.11 bits per heavy atom. The van der Waals surface area contributed by atoms with Crippen LogP contribution in [0.4, 0.5) is 0 Å². The molecule has 0 aliphatic carbocycles. The Bertz CT molecular complexity index is 61.9. The van der Waals surface area contributed by atoms with Crippen LogP contribution in [0.25, 0.3) is 0 Å². The largest absolute Gasteiger partial charge is 0.466 e. The van der Waals surface area contributed by atoms with Crippen molar-refractivity contribution in [2.75, 3.05) is 0 Å². The Morgan fingerprint density at radius 1 is 1.11 bits per heavy atom. The highest BCUT2D eigenvalue weighted by Crippen LogP contribution is 2.25. The summed E-state index contributed by atoms with van der Waals surface area (Å²) in [5.41, 5.74) is 0. The second-order valence-corrected chi connectivity index (χ2v) is 1.54. The minimum absolute atomic E-state index is 0. The molecule has 62 valence electrons. The lowest BCUT2D eigenvalue weighted by Crippen LogP contribution is -1.75. The first-order valence-electron chi connectivity index (χ1n) is 1.36. The summed E-state index contributed by atoms with van der Waals surface area (Å²) in [4.78, 5) is 21.6. The maximum absolute atomic E-state index is 8.88. The molecule has 0 amide bonds. The van der Waals surface area contributed by atoms with Gasteiger partial charge in [-0.3, -0.25) is 0 Å². The fourth-order valence-electron chi connectivity index (χ4n) is 0. The summed E-state index contributed by atoms with van der Waals surface area (Å²) >= 11 is 0. The molecule has 0 fully saturated rings. The second kappa shape index (κ2) is 11.1. The van der Waals surface area contributed by atoms with Gasteiger partial charge in [0.1, 0.15) is 0 Å². The van der Waals surface area contributed by atoms with E-state index in [0.717, 1.165) is 10.4 Å². The maximum Gasteiger partial charge on any atom is 0.466 e. The van der Waals surface area contributed by atoms with Crippen LogP contribution in [0.15, 0.2) is 0 Å². The molecule has 0 rings (SSSR count). The Labute approximate surface area is 56.2 Å². The smallest absolute Gasteiger partial charge is 0.358 e. The zero-order valence-corrected chi connectivity index (χ0v) is 8.08. The third-order valence-corrected chi connectivity index (χ3v) is 0. The van der Waals surface area contributed by atoms with Crippen LogP contribution in [-0.4, -0.2) is 25.1 Å². The van der Waals surface area contributed by atoms with E-state index in [2.05, 4.69) is 5.40 Å². The van der Waals surface area contributed by atoms with Gasteiger partial charge in [0.05, 0.1) is 10.4 Å². The van der Waals surface area contributed by atoms with Crippen molar-refractivity contribution >= 4 is 18.2 Å². The molecule has 0 atom stereocenters. The topological polar surface area (TPSA) is 174 Å². The summed E-state index contributed by atoms with van der Waals surface area (Å²) in [6, 6.07) is 0. The zero-order valence-electron chi connectivity index (χ0n) is 5.19. The lowest BCUT2D eigenvalue weighted by Gasteiger charge is -1.82. The van der Waals surface area contributed by atoms with Gasteiger partial charge in [0.2, 0.25) is 0 Å². The van der Waals surface area contributed by atoms with Gasteiger partial charge in [-0.25, -0.2) is 4.57 Å². The van der Waals surface area contributed by atoms with Crippen molar-refractivity contribution in [2.45, 2.75) is 0 Å². The second-order valence-electron chi connectivity index (χ2n) is 0.513. The van der Waals surface area contributed by atoms with Gasteiger partial charge in [-0.1, -0.05) is 0 Å². The number of rotatable bonds is 0. The van der Waals surface area contributed by atoms with Crippen molar-refractivity contribution in [1.82, 2.24) is 12.3 Å². The highest BCUT2D eigenvalue weighted by molar-refractivity contribution is 7.45. The Morgan fingerprint density at radius 3 is 1.11 bits per heavy atom. The average molecular weight is 179 g/mol. The fourth-order valence-corrected chi connectivity index (χ4v) is 0. The molecule has 0 unspecified atom stereocenters. The number of phosphoric acid groups is 1. The van der Waals surface area contributed by atoms with Crippen LogP contribution >= 0.6 is 7.82 Å². The van der Waals surface area contributed by atoms with Gasteiger partial charge < -0.3 is 32.4 Å². The van der Waals surface area contributed by atoms with Crippen LogP contribution in [-0.2, 0) is 4.57 Å². The van der Waals surface area contributed by atoms with Crippen molar-refractivity contribution in [3.05, 3.63) is 0 Å². The van der Waals surface area contributed by atoms with Crippen LogP contribution in [0.2, 0.25) is 0 Å². The fraction of sp³-hybridized carbons (Fsp3) is 0. The molecule has 0 radical (unpaired) electrons. The molecular weight excluding hydrogens is 165 g/mol. The van der Waals surface area contributed by atoms with E-state index in [1.807, 2.05) is 0 Å². The van der Waals surface area contributed by atoms with E-state index in [-0.39, 0.29) is 12.3 Å². The molecule has 11 N–H and O–H groups in total. The molecule has 0 aromatic heterocycles. The standard InChI is InChI=1S/H5NSi.2H3N.H3O4P/c1-2;;;1-5(2,3)4/h1H2,2H3;2*1H3;(H3,1,2,3,4). The Hall–Kier alpha value is 0.207. The highest BCUT2D eigenvalue weighted by Gasteiger charge is 2.00. The van der Waals surface area contributed by atoms with E-state index in [9.17, 15) is 0 Å². The van der Waals surface area contributed by atoms with Gasteiger partial charge in [0, 0.05) is 0 Å². The van der Waals surface area contributed by atoms with Gasteiger partial charge in [-0.15, -0.1) is 0 Å². The summed E-state index contributed by atoms with van der Waals surface area (Å²) in [5.74, 6) is 0. The number of hydrogen-bond donors (Lipinski definition) is 6. The van der Waals surface area contributed by atoms with Crippen molar-refractivity contribution < 1.29 is 19.2 Å². The first kappa shape index (κ1) is 22.9. The quantitative estimate of drug-likeness (QED) is 0.178. The average Bonchev–Trinajstić information content (AvgIpc) is 1.36. The number of hydrogen-bond acceptors (Lipinski definition) is 4. The Kier molecular flexibility index (Phi) is 28.1. The maximum atomic E-state index is 8.88. The van der Waals surface area contributed by atoms with E-state index in [1.165, 1.54) is 0 Å². The summed E-state index contributed by atoms with van der Waals surface area (Å²) in [6.45, 7) is 0. The molecule has 0 spiro atoms. The third kappa shape index (κ3) is 7390. The normalized spacial score (nSPS) is 7.56. The van der Waals surface area contributed by atoms with Crippen molar-refractivity contribution in [3.63, 3.8) is 0 Å². The lowest BCUT2D eigenvalue weighted by atomic mass is 13.9. The van der Waals surface area contributed by atoms with Gasteiger partial charge in [0.15, 0.2) is 0 Å². The van der Waals surface area contributed by atoms with Gasteiger partial charge >= 0.3 is 7.82 Å². The predicted molar refractivity (Wildman–Crippen MR) is 38.4 cm³/mol. The van der Waals surface area contributed by atoms with Gasteiger partial charge in [0.25, 0.3) is 0 Å². The van der Waals surface area contributed by atoms with Gasteiger partial charge in [-0.05, 0) is 0 Å². The molecular formula is H14N3O4PSi. The highest BCUT2D eigenvalue weighted by atomic mass is 31.2. The first-order valence-corrected chi connectivity index (χ1v) is 4.08. The van der Waals surface area contributed by atoms with E-state index in [4.69, 9.17) is 19.2 Å². The van der Waals surface area contributed by atoms with Crippen LogP contribution in [0, 0.1) is 0 Å². The van der Waals surface area contributed by atoms with E-state index < -0.39 is 7.82 Å². The van der Waals surface area contributed by atoms with Crippen LogP contribution in [0.3, 0.4) is 0 Å². The third-order valence-electron chi connectivity index (χ3n) is 0. The number of nitrogens with two attached hydrogens (primary N) is 1. The van der Waals surface area contributed by atoms with Crippen molar-refractivity contribution in [3.8, 4) is 0 Å².